The summed E-state index contributed by atoms with van der Waals surface area (Å²) < 4.78 is 0. The third kappa shape index (κ3) is 13.1. The van der Waals surface area contributed by atoms with Crippen molar-refractivity contribution in [2.45, 2.75) is 38.5 Å². The van der Waals surface area contributed by atoms with E-state index in [1.165, 1.54) is 121 Å². The van der Waals surface area contributed by atoms with E-state index in [4.69, 9.17) is 24.2 Å². The van der Waals surface area contributed by atoms with E-state index in [-0.39, 0.29) is 108 Å². The molecule has 0 unspecified atom stereocenters. The van der Waals surface area contributed by atoms with Gasteiger partial charge in [-0.2, -0.15) is 0 Å². The lowest BCUT2D eigenvalue weighted by atomic mass is 10.1. The highest BCUT2D eigenvalue weighted by atomic mass is 16.8. The number of rotatable bonds is 15. The lowest BCUT2D eigenvalue weighted by Gasteiger charge is -2.16. The summed E-state index contributed by atoms with van der Waals surface area (Å²) in [5.74, 6) is -19.5. The van der Waals surface area contributed by atoms with E-state index in [0.29, 0.717) is 20.3 Å². The van der Waals surface area contributed by atoms with Gasteiger partial charge in [0.15, 0.2) is 0 Å². The van der Waals surface area contributed by atoms with E-state index in [9.17, 15) is 101 Å². The molecule has 0 aromatic heterocycles. The number of hydrogen-bond acceptors (Lipinski definition) is 28. The Morgan fingerprint density at radius 3 is 0.558 bits per heavy atom. The molecule has 14 rings (SSSR count). The van der Waals surface area contributed by atoms with Gasteiger partial charge in [0.05, 0.1) is 96.3 Å². The van der Waals surface area contributed by atoms with Gasteiger partial charge in [0.1, 0.15) is 0 Å². The largest absolute Gasteiger partial charge is 0.363 e. The molecule has 2 saturated heterocycles. The van der Waals surface area contributed by atoms with Crippen LogP contribution < -0.4 is 0 Å². The predicted octanol–water partition coefficient (Wildman–Crippen LogP) is 4.19. The van der Waals surface area contributed by atoms with Crippen molar-refractivity contribution < 1.29 is 135 Å². The van der Waals surface area contributed by atoms with E-state index in [1.54, 1.807) is 24.3 Å². The molecule has 0 aliphatic carbocycles. The van der Waals surface area contributed by atoms with Crippen LogP contribution in [-0.2, 0) is 62.6 Å². The van der Waals surface area contributed by atoms with Gasteiger partial charge in [0.2, 0.25) is 0 Å². The highest BCUT2D eigenvalue weighted by Gasteiger charge is 2.45. The molecule has 7 aromatic rings. The zero-order valence-electron chi connectivity index (χ0n) is 52.4. The Morgan fingerprint density at radius 2 is 0.385 bits per heavy atom. The summed E-state index contributed by atoms with van der Waals surface area (Å²) in [7, 11) is 0. The molecule has 0 N–H and O–H groups in total. The first-order chi connectivity index (χ1) is 49.8. The van der Waals surface area contributed by atoms with Gasteiger partial charge in [0.25, 0.3) is 82.7 Å². The minimum Gasteiger partial charge on any atom is -0.330 e. The minimum absolute atomic E-state index is 0.0344. The van der Waals surface area contributed by atoms with Gasteiger partial charge in [0, 0.05) is 25.7 Å². The van der Waals surface area contributed by atoms with Crippen molar-refractivity contribution in [3.05, 3.63) is 247 Å². The van der Waals surface area contributed by atoms with Crippen molar-refractivity contribution in [1.29, 1.82) is 0 Å². The van der Waals surface area contributed by atoms with Crippen molar-refractivity contribution in [2.24, 2.45) is 0 Å². The van der Waals surface area contributed by atoms with Gasteiger partial charge in [-0.25, -0.2) is 33.6 Å². The summed E-state index contributed by atoms with van der Waals surface area (Å²) in [5, 5.41) is 2.03. The van der Waals surface area contributed by atoms with Crippen molar-refractivity contribution >= 4 is 124 Å². The summed E-state index contributed by atoms with van der Waals surface area (Å²) in [6.45, 7) is 0. The van der Waals surface area contributed by atoms with Crippen LogP contribution in [0, 0.1) is 0 Å². The number of carbonyl (C=O) groups excluding carboxylic acids is 21. The standard InChI is InChI=1S/C33H15N3O12.C24H12N2O8.C12H12N2O8/c37-25-19-7-1-2-8-20(19)26(38)34(25)46-31(43)16-13-17(32(44)47-35-27(39)21-9-3-4-10-22(21)28(35)40)15-18(14-16)33(45)48-36-29(41)23-11-5-6-12-24(23)30(36)42;27-19-15-5-1-2-6-16(15)20(28)25(19)33-23(31)13-9-11-14(12-10-13)24(32)34-26-21(29)17-7-3-4-8-18(17)22(26)30;15-7-1-2-8(16)13(7)21-11(19)5-6-12(20)22-14-9(17)3-4-10(14)18/h1-15H;1-12H;1-6H2. The van der Waals surface area contributed by atoms with E-state index in [0.717, 1.165) is 18.2 Å². The first-order valence-corrected chi connectivity index (χ1v) is 30.2. The molecule has 0 bridgehead atoms. The molecule has 35 heteroatoms. The number of hydroxylamine groups is 14. The molecule has 35 nitrogen and oxygen atoms in total. The van der Waals surface area contributed by atoms with Crippen molar-refractivity contribution in [3.8, 4) is 0 Å². The maximum absolute atomic E-state index is 13.3. The van der Waals surface area contributed by atoms with Crippen LogP contribution in [0.1, 0.15) is 194 Å². The Bertz CT molecular complexity index is 4510. The summed E-state index contributed by atoms with van der Waals surface area (Å²) in [6, 6.07) is 36.4. The Morgan fingerprint density at radius 1 is 0.221 bits per heavy atom. The second kappa shape index (κ2) is 28.0. The maximum Gasteiger partial charge on any atom is 0.363 e. The average molecular weight is 1410 g/mol. The zero-order chi connectivity index (χ0) is 74.1. The number of nitrogens with zero attached hydrogens (tertiary/aromatic N) is 7. The van der Waals surface area contributed by atoms with Crippen LogP contribution in [0.25, 0.3) is 0 Å². The first-order valence-electron chi connectivity index (χ1n) is 30.2. The minimum atomic E-state index is -1.41. The summed E-state index contributed by atoms with van der Waals surface area (Å²) in [4.78, 5) is 292. The van der Waals surface area contributed by atoms with E-state index < -0.39 is 154 Å². The maximum atomic E-state index is 13.3. The van der Waals surface area contributed by atoms with Crippen LogP contribution in [0.4, 0.5) is 0 Å². The van der Waals surface area contributed by atoms with Gasteiger partial charge in [-0.1, -0.05) is 86.0 Å². The fraction of sp³-hybridized carbons (Fsp3) is 0.0870. The lowest BCUT2D eigenvalue weighted by molar-refractivity contribution is -0.201. The third-order valence-corrected chi connectivity index (χ3v) is 15.6. The van der Waals surface area contributed by atoms with Gasteiger partial charge < -0.3 is 33.9 Å². The molecule has 518 valence electrons. The van der Waals surface area contributed by atoms with Crippen LogP contribution in [0.15, 0.2) is 164 Å². The second-order valence-electron chi connectivity index (χ2n) is 22.1. The smallest absolute Gasteiger partial charge is 0.330 e. The van der Waals surface area contributed by atoms with E-state index >= 15 is 0 Å². The normalized spacial score (nSPS) is 15.2. The predicted molar refractivity (Wildman–Crippen MR) is 328 cm³/mol. The Kier molecular flexibility index (Phi) is 18.5. The molecule has 104 heavy (non-hydrogen) atoms. The number of carbonyl (C=O) groups is 21. The van der Waals surface area contributed by atoms with Gasteiger partial charge in [-0.05, 0) is 103 Å². The molecule has 7 heterocycles. The molecule has 7 aliphatic heterocycles. The molecule has 0 atom stereocenters. The van der Waals surface area contributed by atoms with Crippen LogP contribution in [-0.4, -0.2) is 160 Å². The average Bonchev–Trinajstić information content (AvgIpc) is 1.74. The zero-order valence-corrected chi connectivity index (χ0v) is 52.4. The van der Waals surface area contributed by atoms with E-state index in [1.807, 2.05) is 0 Å². The summed E-state index contributed by atoms with van der Waals surface area (Å²) in [6.07, 6.45) is -1.07. The number of imide groups is 7. The Labute approximate surface area is 578 Å². The van der Waals surface area contributed by atoms with Crippen molar-refractivity contribution in [2.75, 3.05) is 0 Å². The highest BCUT2D eigenvalue weighted by Crippen LogP contribution is 2.30. The van der Waals surface area contributed by atoms with Crippen LogP contribution in [0.2, 0.25) is 0 Å². The first kappa shape index (κ1) is 68.7. The summed E-state index contributed by atoms with van der Waals surface area (Å²) in [5.41, 5.74) is -1.75. The molecule has 7 aromatic carbocycles. The fourth-order valence-electron chi connectivity index (χ4n) is 10.5. The molecule has 14 amide bonds. The molecular weight excluding hydrogens is 1370 g/mol. The fourth-order valence-corrected chi connectivity index (χ4v) is 10.5. The molecule has 0 spiro atoms. The molecule has 0 saturated carbocycles. The molecule has 2 fully saturated rings. The quantitative estimate of drug-likeness (QED) is 0.130. The Balaban J connectivity index is 0.000000158. The van der Waals surface area contributed by atoms with Crippen molar-refractivity contribution in [1.82, 2.24) is 35.4 Å². The number of fused-ring (bicyclic) bond motifs is 5. The SMILES string of the molecule is O=C(CCC(=O)ON1C(=O)CCC1=O)ON1C(=O)CCC1=O.O=C(ON1C(=O)c2ccccc2C1=O)c1cc(C(=O)ON2C(=O)c3ccccc3C2=O)cc(C(=O)ON2C(=O)c3ccccc3C2=O)c1.O=C(ON1C(=O)c2ccccc2C1=O)c1ccc(C(=O)ON2C(=O)c3ccccc3C2=O)cc1. The van der Waals surface area contributed by atoms with Crippen LogP contribution in [0.5, 0.6) is 0 Å². The highest BCUT2D eigenvalue weighted by molar-refractivity contribution is 6.25. The third-order valence-electron chi connectivity index (χ3n) is 15.6. The number of hydrogen-bond donors (Lipinski definition) is 0. The van der Waals surface area contributed by atoms with Gasteiger partial charge in [-0.3, -0.25) is 67.1 Å². The second-order valence-corrected chi connectivity index (χ2v) is 22.1. The Hall–Kier alpha value is -15.2. The van der Waals surface area contributed by atoms with E-state index in [2.05, 4.69) is 9.68 Å². The molecule has 7 aliphatic rings. The molecular formula is C69H39N7O28. The molecule has 0 radical (unpaired) electrons. The number of benzene rings is 7. The monoisotopic (exact) mass is 1410 g/mol. The number of amides is 14. The lowest BCUT2D eigenvalue weighted by Crippen LogP contribution is -2.34. The van der Waals surface area contributed by atoms with Gasteiger partial charge in [-0.15, -0.1) is 10.1 Å². The topological polar surface area (TPSA) is 446 Å². The van der Waals surface area contributed by atoms with Gasteiger partial charge >= 0.3 is 41.8 Å². The summed E-state index contributed by atoms with van der Waals surface area (Å²) >= 11 is 0. The van der Waals surface area contributed by atoms with Crippen LogP contribution in [0.3, 0.4) is 0 Å². The van der Waals surface area contributed by atoms with Crippen LogP contribution >= 0.6 is 0 Å². The van der Waals surface area contributed by atoms with Crippen molar-refractivity contribution in [3.63, 3.8) is 0 Å².